The summed E-state index contributed by atoms with van der Waals surface area (Å²) in [5.74, 6) is -0.582. The van der Waals surface area contributed by atoms with Crippen molar-refractivity contribution >= 4 is 23.5 Å². The van der Waals surface area contributed by atoms with Crippen LogP contribution in [0.3, 0.4) is 0 Å². The summed E-state index contributed by atoms with van der Waals surface area (Å²) < 4.78 is 25.6. The van der Waals surface area contributed by atoms with Crippen molar-refractivity contribution in [2.24, 2.45) is 0 Å². The van der Waals surface area contributed by atoms with Crippen LogP contribution in [0.2, 0.25) is 0 Å². The summed E-state index contributed by atoms with van der Waals surface area (Å²) in [7, 11) is 2.74. The average Bonchev–Trinajstić information content (AvgIpc) is 2.63. The van der Waals surface area contributed by atoms with Gasteiger partial charge < -0.3 is 9.47 Å². The van der Waals surface area contributed by atoms with Gasteiger partial charge in [-0.1, -0.05) is 36.4 Å². The van der Waals surface area contributed by atoms with Crippen LogP contribution in [0.15, 0.2) is 60.7 Å². The van der Waals surface area contributed by atoms with Crippen LogP contribution < -0.4 is 0 Å². The topological polar surface area (TPSA) is 86.7 Å². The van der Waals surface area contributed by atoms with Gasteiger partial charge in [0.1, 0.15) is 0 Å². The Hall–Kier alpha value is -2.80. The van der Waals surface area contributed by atoms with E-state index >= 15 is 0 Å². The van der Waals surface area contributed by atoms with Gasteiger partial charge in [-0.3, -0.25) is 0 Å². The Labute approximate surface area is 137 Å². The van der Waals surface area contributed by atoms with E-state index in [1.54, 1.807) is 48.5 Å². The van der Waals surface area contributed by atoms with Gasteiger partial charge in [-0.05, 0) is 24.3 Å². The maximum Gasteiger partial charge on any atom is 0.337 e. The molecule has 23 heavy (non-hydrogen) atoms. The van der Waals surface area contributed by atoms with Crippen molar-refractivity contribution in [3.63, 3.8) is 0 Å². The van der Waals surface area contributed by atoms with Gasteiger partial charge in [0, 0.05) is 0 Å². The molecule has 0 aliphatic rings. The SMILES string of the molecule is COC(=O)c1ccccc1.COC(=O)c1ccccc1.O=S=O. The first-order valence-corrected chi connectivity index (χ1v) is 6.95. The Bertz CT molecular complexity index is 570. The number of esters is 2. The Kier molecular flexibility index (Phi) is 11.3. The Morgan fingerprint density at radius 1 is 0.696 bits per heavy atom. The van der Waals surface area contributed by atoms with E-state index in [2.05, 4.69) is 9.47 Å². The number of rotatable bonds is 2. The molecular weight excluding hydrogens is 320 g/mol. The lowest BCUT2D eigenvalue weighted by atomic mass is 10.2. The summed E-state index contributed by atoms with van der Waals surface area (Å²) >= 11 is -0.750. The van der Waals surface area contributed by atoms with Crippen molar-refractivity contribution in [1.82, 2.24) is 0 Å². The van der Waals surface area contributed by atoms with Crippen LogP contribution in [-0.2, 0) is 21.0 Å². The molecule has 2 aromatic carbocycles. The highest BCUT2D eigenvalue weighted by atomic mass is 32.1. The lowest BCUT2D eigenvalue weighted by molar-refractivity contribution is 0.0592. The first-order valence-electron chi connectivity index (χ1n) is 6.29. The molecule has 0 unspecified atom stereocenters. The van der Waals surface area contributed by atoms with Crippen LogP contribution in [0, 0.1) is 0 Å². The van der Waals surface area contributed by atoms with Crippen LogP contribution in [0.1, 0.15) is 20.7 Å². The zero-order valence-electron chi connectivity index (χ0n) is 12.6. The molecule has 7 heteroatoms. The average molecular weight is 336 g/mol. The third-order valence-electron chi connectivity index (χ3n) is 2.39. The molecule has 0 bridgehead atoms. The summed E-state index contributed by atoms with van der Waals surface area (Å²) in [5.41, 5.74) is 1.18. The fraction of sp³-hybridized carbons (Fsp3) is 0.125. The normalized spacial score (nSPS) is 8.26. The van der Waals surface area contributed by atoms with Gasteiger partial charge in [0.05, 0.1) is 25.3 Å². The minimum Gasteiger partial charge on any atom is -0.465 e. The highest BCUT2D eigenvalue weighted by molar-refractivity contribution is 7.51. The fourth-order valence-corrected chi connectivity index (χ4v) is 1.38. The highest BCUT2D eigenvalue weighted by Gasteiger charge is 2.01. The number of methoxy groups -OCH3 is 2. The van der Waals surface area contributed by atoms with Crippen molar-refractivity contribution in [3.8, 4) is 0 Å². The van der Waals surface area contributed by atoms with Crippen LogP contribution in [0.5, 0.6) is 0 Å². The second-order valence-corrected chi connectivity index (χ2v) is 3.92. The number of hydrogen-bond acceptors (Lipinski definition) is 6. The van der Waals surface area contributed by atoms with E-state index in [4.69, 9.17) is 8.42 Å². The van der Waals surface area contributed by atoms with Gasteiger partial charge >= 0.3 is 23.5 Å². The highest BCUT2D eigenvalue weighted by Crippen LogP contribution is 1.99. The Morgan fingerprint density at radius 3 is 1.17 bits per heavy atom. The maximum absolute atomic E-state index is 10.8. The molecule has 6 nitrogen and oxygen atoms in total. The molecule has 2 rings (SSSR count). The predicted molar refractivity (Wildman–Crippen MR) is 84.5 cm³/mol. The molecule has 0 spiro atoms. The first kappa shape index (κ1) is 20.2. The quantitative estimate of drug-likeness (QED) is 0.782. The number of carbonyl (C=O) groups excluding carboxylic acids is 2. The minimum atomic E-state index is -0.750. The smallest absolute Gasteiger partial charge is 0.337 e. The Morgan fingerprint density at radius 2 is 0.957 bits per heavy atom. The van der Waals surface area contributed by atoms with Gasteiger partial charge in [0.15, 0.2) is 0 Å². The fourth-order valence-electron chi connectivity index (χ4n) is 1.38. The molecule has 0 saturated carbocycles. The van der Waals surface area contributed by atoms with Crippen LogP contribution in [0.25, 0.3) is 0 Å². The van der Waals surface area contributed by atoms with E-state index in [1.165, 1.54) is 14.2 Å². The molecule has 0 heterocycles. The number of ether oxygens (including phenoxy) is 2. The van der Waals surface area contributed by atoms with Gasteiger partial charge in [0.25, 0.3) is 0 Å². The lowest BCUT2D eigenvalue weighted by Crippen LogP contribution is -1.99. The lowest BCUT2D eigenvalue weighted by Gasteiger charge is -1.95. The van der Waals surface area contributed by atoms with Crippen molar-refractivity contribution in [1.29, 1.82) is 0 Å². The van der Waals surface area contributed by atoms with Gasteiger partial charge in [-0.25, -0.2) is 9.59 Å². The molecule has 2 aromatic rings. The minimum absolute atomic E-state index is 0.291. The zero-order chi connectivity index (χ0) is 17.5. The van der Waals surface area contributed by atoms with E-state index in [9.17, 15) is 9.59 Å². The molecule has 0 aromatic heterocycles. The molecule has 0 N–H and O–H groups in total. The van der Waals surface area contributed by atoms with Crippen molar-refractivity contribution in [3.05, 3.63) is 71.8 Å². The zero-order valence-corrected chi connectivity index (χ0v) is 13.4. The molecule has 122 valence electrons. The van der Waals surface area contributed by atoms with Crippen LogP contribution in [0.4, 0.5) is 0 Å². The number of carbonyl (C=O) groups is 2. The predicted octanol–water partition coefficient (Wildman–Crippen LogP) is 2.28. The Balaban J connectivity index is 0.000000360. The molecule has 0 aliphatic carbocycles. The van der Waals surface area contributed by atoms with Crippen molar-refractivity contribution in [2.75, 3.05) is 14.2 Å². The largest absolute Gasteiger partial charge is 0.465 e. The van der Waals surface area contributed by atoms with Gasteiger partial charge in [-0.15, -0.1) is 0 Å². The summed E-state index contributed by atoms with van der Waals surface area (Å²) in [6.45, 7) is 0. The van der Waals surface area contributed by atoms with Crippen molar-refractivity contribution in [2.45, 2.75) is 0 Å². The molecule has 0 fully saturated rings. The number of benzene rings is 2. The molecule has 0 atom stereocenters. The second-order valence-electron chi connectivity index (χ2n) is 3.78. The summed E-state index contributed by atoms with van der Waals surface area (Å²) in [6, 6.07) is 17.8. The third-order valence-corrected chi connectivity index (χ3v) is 2.39. The molecular formula is C16H16O6S. The molecule has 0 amide bonds. The molecule has 0 radical (unpaired) electrons. The van der Waals surface area contributed by atoms with E-state index in [0.717, 1.165) is 0 Å². The number of hydrogen-bond donors (Lipinski definition) is 0. The van der Waals surface area contributed by atoms with Gasteiger partial charge in [-0.2, -0.15) is 8.42 Å². The maximum atomic E-state index is 10.8. The summed E-state index contributed by atoms with van der Waals surface area (Å²) in [5, 5.41) is 0. The van der Waals surface area contributed by atoms with E-state index in [0.29, 0.717) is 11.1 Å². The monoisotopic (exact) mass is 336 g/mol. The van der Waals surface area contributed by atoms with Gasteiger partial charge in [0.2, 0.25) is 0 Å². The van der Waals surface area contributed by atoms with Crippen LogP contribution in [-0.4, -0.2) is 34.6 Å². The van der Waals surface area contributed by atoms with Crippen molar-refractivity contribution < 1.29 is 27.5 Å². The second kappa shape index (κ2) is 12.9. The molecule has 0 saturated heterocycles. The summed E-state index contributed by atoms with van der Waals surface area (Å²) in [6.07, 6.45) is 0. The molecule has 0 aliphatic heterocycles. The van der Waals surface area contributed by atoms with E-state index in [1.807, 2.05) is 12.1 Å². The third kappa shape index (κ3) is 8.94. The summed E-state index contributed by atoms with van der Waals surface area (Å²) in [4.78, 5) is 21.6. The first-order chi connectivity index (χ1) is 11.1. The standard InChI is InChI=1S/2C8H8O2.O2S/c2*1-10-8(9)7-5-3-2-4-6-7;1-3-2/h2*2-6H,1H3;. The van der Waals surface area contributed by atoms with E-state index in [-0.39, 0.29) is 11.9 Å². The van der Waals surface area contributed by atoms with E-state index < -0.39 is 11.6 Å². The van der Waals surface area contributed by atoms with Crippen LogP contribution >= 0.6 is 0 Å².